The molecule has 2 aliphatic heterocycles. The van der Waals surface area contributed by atoms with E-state index >= 15 is 4.39 Å². The van der Waals surface area contributed by atoms with E-state index in [1.54, 1.807) is 49.4 Å². The summed E-state index contributed by atoms with van der Waals surface area (Å²) in [5, 5.41) is 18.8. The maximum atomic E-state index is 15.3. The zero-order chi connectivity index (χ0) is 35.7. The lowest BCUT2D eigenvalue weighted by Gasteiger charge is -2.31. The van der Waals surface area contributed by atoms with Crippen LogP contribution in [0.25, 0.3) is 22.3 Å². The third-order valence-electron chi connectivity index (χ3n) is 8.57. The molecule has 0 aliphatic carbocycles. The van der Waals surface area contributed by atoms with Gasteiger partial charge in [-0.3, -0.25) is 19.2 Å². The third-order valence-corrected chi connectivity index (χ3v) is 8.57. The van der Waals surface area contributed by atoms with E-state index in [1.807, 2.05) is 0 Å². The first-order valence-corrected chi connectivity index (χ1v) is 15.5. The topological polar surface area (TPSA) is 221 Å². The molecule has 0 fully saturated rings. The minimum atomic E-state index is -1.99. The van der Waals surface area contributed by atoms with Crippen molar-refractivity contribution in [2.24, 2.45) is 5.73 Å². The van der Waals surface area contributed by atoms with E-state index in [-0.39, 0.29) is 48.3 Å². The summed E-state index contributed by atoms with van der Waals surface area (Å²) in [7, 11) is 0. The van der Waals surface area contributed by atoms with Crippen LogP contribution in [0.4, 0.5) is 14.9 Å². The molecule has 0 unspecified atom stereocenters. The number of nitrogens with two attached hydrogens (primary N) is 1. The predicted molar refractivity (Wildman–Crippen MR) is 174 cm³/mol. The molecule has 0 radical (unpaired) electrons. The van der Waals surface area contributed by atoms with Gasteiger partial charge >= 0.3 is 12.1 Å². The van der Waals surface area contributed by atoms with Gasteiger partial charge in [0.25, 0.3) is 11.5 Å². The highest BCUT2D eigenvalue weighted by atomic mass is 19.1. The Kier molecular flexibility index (Phi) is 9.03. The Morgan fingerprint density at radius 2 is 1.88 bits per heavy atom. The van der Waals surface area contributed by atoms with Gasteiger partial charge in [0.15, 0.2) is 12.2 Å². The van der Waals surface area contributed by atoms with Gasteiger partial charge in [-0.25, -0.2) is 19.0 Å². The first-order chi connectivity index (χ1) is 23.9. The third kappa shape index (κ3) is 6.47. The molecule has 0 bridgehead atoms. The first kappa shape index (κ1) is 33.7. The van der Waals surface area contributed by atoms with Crippen LogP contribution in [0.2, 0.25) is 0 Å². The number of halogens is 1. The molecule has 15 nitrogen and oxygen atoms in total. The first-order valence-electron chi connectivity index (χ1n) is 15.5. The largest absolute Gasteiger partial charge is 0.458 e. The average Bonchev–Trinajstić information content (AvgIpc) is 3.45. The van der Waals surface area contributed by atoms with Crippen LogP contribution in [0.1, 0.15) is 35.6 Å². The number of primary amides is 1. The maximum absolute atomic E-state index is 15.3. The van der Waals surface area contributed by atoms with Crippen molar-refractivity contribution < 1.29 is 42.9 Å². The molecular weight excluding hydrogens is 655 g/mol. The summed E-state index contributed by atoms with van der Waals surface area (Å²) in [5.41, 5.74) is 4.89. The molecule has 258 valence electrons. The Morgan fingerprint density at radius 1 is 1.12 bits per heavy atom. The zero-order valence-electron chi connectivity index (χ0n) is 26.6. The molecule has 2 aromatic carbocycles. The van der Waals surface area contributed by atoms with Gasteiger partial charge in [0.05, 0.1) is 41.2 Å². The quantitative estimate of drug-likeness (QED) is 0.132. The lowest BCUT2D eigenvalue weighted by molar-refractivity contribution is -0.172. The standard InChI is InChI=1S/C34H31FN6O9/c1-2-34(48)21-11-26-29-19(14-41(26)31(45)20(21)15-49-32(34)46)9-18-10-24(22(35)12-23(18)40-29)38-27(42)13-37-30(44)25(8-17-6-4-3-5-7-17)39-28(43)16-50-33(36)47/h3-7,9-12,25,48H,2,8,13-16H2,1H3,(H2,36,47)(H,37,44)(H,38,42)(H,39,43)/t25-,34-/m0/s1. The molecule has 0 saturated carbocycles. The number of pyridine rings is 2. The molecule has 4 aromatic rings. The lowest BCUT2D eigenvalue weighted by atomic mass is 9.86. The molecule has 6 rings (SSSR count). The fourth-order valence-corrected chi connectivity index (χ4v) is 6.02. The van der Waals surface area contributed by atoms with Crippen LogP contribution in [0.15, 0.2) is 59.4 Å². The second kappa shape index (κ2) is 13.4. The van der Waals surface area contributed by atoms with Gasteiger partial charge in [-0.05, 0) is 30.2 Å². The van der Waals surface area contributed by atoms with Crippen molar-refractivity contribution in [1.29, 1.82) is 0 Å². The number of rotatable bonds is 10. The minimum Gasteiger partial charge on any atom is -0.458 e. The molecule has 6 N–H and O–H groups in total. The number of fused-ring (bicyclic) bond motifs is 5. The molecule has 2 atom stereocenters. The summed E-state index contributed by atoms with van der Waals surface area (Å²) in [6.45, 7) is 0.166. The Hall–Kier alpha value is -6.16. The number of nitrogens with zero attached hydrogens (tertiary/aromatic N) is 2. The lowest BCUT2D eigenvalue weighted by Crippen LogP contribution is -2.50. The number of aromatic nitrogens is 2. The van der Waals surface area contributed by atoms with E-state index in [9.17, 15) is 33.9 Å². The number of carbonyl (C=O) groups excluding carboxylic acids is 5. The number of cyclic esters (lactones) is 1. The van der Waals surface area contributed by atoms with E-state index in [1.165, 1.54) is 10.6 Å². The molecule has 50 heavy (non-hydrogen) atoms. The number of benzene rings is 2. The van der Waals surface area contributed by atoms with Gasteiger partial charge in [-0.15, -0.1) is 0 Å². The van der Waals surface area contributed by atoms with E-state index in [2.05, 4.69) is 25.7 Å². The number of amides is 4. The van der Waals surface area contributed by atoms with Gasteiger partial charge < -0.3 is 40.8 Å². The number of nitrogens with one attached hydrogen (secondary N) is 3. The van der Waals surface area contributed by atoms with Crippen LogP contribution in [0.3, 0.4) is 0 Å². The minimum absolute atomic E-state index is 0.0121. The van der Waals surface area contributed by atoms with E-state index in [0.29, 0.717) is 27.9 Å². The number of carbonyl (C=O) groups is 5. The number of hydrogen-bond acceptors (Lipinski definition) is 10. The monoisotopic (exact) mass is 686 g/mol. The van der Waals surface area contributed by atoms with Gasteiger partial charge in [-0.2, -0.15) is 0 Å². The maximum Gasteiger partial charge on any atom is 0.405 e. The Labute approximate surface area is 282 Å². The van der Waals surface area contributed by atoms with Crippen molar-refractivity contribution in [3.63, 3.8) is 0 Å². The molecule has 2 aliphatic rings. The highest BCUT2D eigenvalue weighted by molar-refractivity contribution is 5.98. The normalized spacial score (nSPS) is 16.3. The van der Waals surface area contributed by atoms with E-state index in [0.717, 1.165) is 6.07 Å². The number of ether oxygens (including phenoxy) is 2. The predicted octanol–water partition coefficient (Wildman–Crippen LogP) is 1.10. The molecule has 4 heterocycles. The molecule has 0 saturated heterocycles. The average molecular weight is 687 g/mol. The number of aliphatic hydroxyl groups is 1. The van der Waals surface area contributed by atoms with Crippen molar-refractivity contribution >= 4 is 46.4 Å². The van der Waals surface area contributed by atoms with Gasteiger partial charge in [0, 0.05) is 29.0 Å². The molecule has 0 spiro atoms. The summed E-state index contributed by atoms with van der Waals surface area (Å²) in [6, 6.07) is 13.3. The number of hydrogen-bond donors (Lipinski definition) is 5. The summed E-state index contributed by atoms with van der Waals surface area (Å²) in [6.07, 6.45) is -1.13. The van der Waals surface area contributed by atoms with Crippen molar-refractivity contribution in [3.8, 4) is 11.4 Å². The SMILES string of the molecule is CC[C@@]1(O)C(=O)OCc2c1cc1n(c2=O)Cc2cc3cc(NC(=O)CNC(=O)[C@H](Cc4ccccc4)NC(=O)COC(N)=O)c(F)cc3nc2-1. The fourth-order valence-electron chi connectivity index (χ4n) is 6.02. The number of esters is 1. The zero-order valence-corrected chi connectivity index (χ0v) is 26.6. The second-order valence-corrected chi connectivity index (χ2v) is 11.8. The number of anilines is 1. The molecule has 16 heteroatoms. The molecular formula is C34H31FN6O9. The van der Waals surface area contributed by atoms with E-state index < -0.39 is 66.0 Å². The summed E-state index contributed by atoms with van der Waals surface area (Å²) in [4.78, 5) is 79.4. The van der Waals surface area contributed by atoms with Gasteiger partial charge in [0.1, 0.15) is 18.5 Å². The van der Waals surface area contributed by atoms with Crippen LogP contribution in [0.5, 0.6) is 0 Å². The smallest absolute Gasteiger partial charge is 0.405 e. The van der Waals surface area contributed by atoms with Gasteiger partial charge in [0.2, 0.25) is 11.8 Å². The summed E-state index contributed by atoms with van der Waals surface area (Å²) in [5.74, 6) is -3.94. The van der Waals surface area contributed by atoms with Crippen LogP contribution in [-0.4, -0.2) is 63.6 Å². The van der Waals surface area contributed by atoms with Gasteiger partial charge in [-0.1, -0.05) is 37.3 Å². The van der Waals surface area contributed by atoms with Crippen molar-refractivity contribution in [1.82, 2.24) is 20.2 Å². The molecule has 2 aromatic heterocycles. The highest BCUT2D eigenvalue weighted by Crippen LogP contribution is 2.39. The Balaban J connectivity index is 1.18. The summed E-state index contributed by atoms with van der Waals surface area (Å²) < 4.78 is 26.3. The highest BCUT2D eigenvalue weighted by Gasteiger charge is 2.45. The van der Waals surface area contributed by atoms with Crippen molar-refractivity contribution in [3.05, 3.63) is 93.0 Å². The van der Waals surface area contributed by atoms with E-state index in [4.69, 9.17) is 10.5 Å². The van der Waals surface area contributed by atoms with Crippen LogP contribution < -0.4 is 27.2 Å². The second-order valence-electron chi connectivity index (χ2n) is 11.8. The van der Waals surface area contributed by atoms with Crippen LogP contribution >= 0.6 is 0 Å². The Morgan fingerprint density at radius 3 is 2.60 bits per heavy atom. The Bertz CT molecular complexity index is 2140. The van der Waals surface area contributed by atoms with Crippen molar-refractivity contribution in [2.75, 3.05) is 18.5 Å². The van der Waals surface area contributed by atoms with Crippen LogP contribution in [-0.2, 0) is 53.8 Å². The molecule has 4 amide bonds. The van der Waals surface area contributed by atoms with Crippen molar-refractivity contribution in [2.45, 2.75) is 44.6 Å². The van der Waals surface area contributed by atoms with Crippen LogP contribution in [0, 0.1) is 5.82 Å². The summed E-state index contributed by atoms with van der Waals surface area (Å²) >= 11 is 0. The fraction of sp³-hybridized carbons (Fsp3) is 0.265.